The molecule has 0 saturated heterocycles. The summed E-state index contributed by atoms with van der Waals surface area (Å²) in [5.41, 5.74) is 1.03. The number of aryl methyl sites for hydroxylation is 1. The Morgan fingerprint density at radius 2 is 1.78 bits per heavy atom. The Morgan fingerprint density at radius 1 is 1.07 bits per heavy atom. The molecule has 0 aliphatic rings. The van der Waals surface area contributed by atoms with E-state index in [1.54, 1.807) is 37.3 Å². The summed E-state index contributed by atoms with van der Waals surface area (Å²) in [6.07, 6.45) is 2.50. The highest BCUT2D eigenvalue weighted by Crippen LogP contribution is 2.20. The molecule has 5 nitrogen and oxygen atoms in total. The highest BCUT2D eigenvalue weighted by molar-refractivity contribution is 5.91. The zero-order valence-electron chi connectivity index (χ0n) is 15.1. The predicted molar refractivity (Wildman–Crippen MR) is 98.4 cm³/mol. The monoisotopic (exact) mass is 372 g/mol. The molecule has 0 amide bonds. The molecule has 0 spiro atoms. The quantitative estimate of drug-likeness (QED) is 0.285. The molecule has 0 atom stereocenters. The van der Waals surface area contributed by atoms with Crippen molar-refractivity contribution in [3.8, 4) is 11.5 Å². The molecular weight excluding hydrogens is 351 g/mol. The van der Waals surface area contributed by atoms with Crippen molar-refractivity contribution in [2.24, 2.45) is 0 Å². The van der Waals surface area contributed by atoms with Gasteiger partial charge < -0.3 is 14.2 Å². The molecule has 27 heavy (non-hydrogen) atoms. The van der Waals surface area contributed by atoms with Gasteiger partial charge in [0.2, 0.25) is 0 Å². The fourth-order valence-electron chi connectivity index (χ4n) is 2.16. The van der Waals surface area contributed by atoms with E-state index in [2.05, 4.69) is 6.58 Å². The third-order valence-electron chi connectivity index (χ3n) is 3.60. The van der Waals surface area contributed by atoms with Crippen LogP contribution in [0, 0.1) is 12.7 Å². The Kier molecular flexibility index (Phi) is 7.55. The van der Waals surface area contributed by atoms with E-state index in [4.69, 9.17) is 14.2 Å². The Hall–Kier alpha value is -3.15. The summed E-state index contributed by atoms with van der Waals surface area (Å²) in [6.45, 7) is 5.83. The largest absolute Gasteiger partial charge is 0.494 e. The minimum absolute atomic E-state index is 0.108. The van der Waals surface area contributed by atoms with Crippen molar-refractivity contribution in [2.45, 2.75) is 19.8 Å². The van der Waals surface area contributed by atoms with Gasteiger partial charge in [0.25, 0.3) is 0 Å². The molecule has 0 unspecified atom stereocenters. The number of hydrogen-bond acceptors (Lipinski definition) is 5. The van der Waals surface area contributed by atoms with E-state index in [9.17, 15) is 14.0 Å². The minimum Gasteiger partial charge on any atom is -0.494 e. The number of halogens is 1. The van der Waals surface area contributed by atoms with Gasteiger partial charge in [-0.15, -0.1) is 0 Å². The van der Waals surface area contributed by atoms with E-state index in [0.717, 1.165) is 11.6 Å². The molecule has 0 bridgehead atoms. The molecule has 0 aliphatic heterocycles. The first-order chi connectivity index (χ1) is 13.0. The van der Waals surface area contributed by atoms with Crippen molar-refractivity contribution < 1.29 is 28.2 Å². The van der Waals surface area contributed by atoms with Crippen molar-refractivity contribution >= 4 is 11.9 Å². The van der Waals surface area contributed by atoms with E-state index >= 15 is 0 Å². The molecular formula is C21H21FO5. The first kappa shape index (κ1) is 20.2. The second kappa shape index (κ2) is 10.1. The maximum Gasteiger partial charge on any atom is 0.343 e. The summed E-state index contributed by atoms with van der Waals surface area (Å²) in [7, 11) is 0. The third kappa shape index (κ3) is 6.58. The van der Waals surface area contributed by atoms with Crippen LogP contribution in [0.5, 0.6) is 11.5 Å². The van der Waals surface area contributed by atoms with Crippen molar-refractivity contribution in [1.82, 2.24) is 0 Å². The van der Waals surface area contributed by atoms with Crippen LogP contribution in [-0.4, -0.2) is 25.2 Å². The molecule has 142 valence electrons. The normalized spacial score (nSPS) is 10.1. The standard InChI is InChI=1S/C21H21FO5/c1-3-20(23)26-13-5-4-12-25-17-9-7-16(8-10-17)21(24)27-19-11-6-15(2)14-18(19)22/h3,6-11,14H,1,4-5,12-13H2,2H3. The molecule has 0 heterocycles. The summed E-state index contributed by atoms with van der Waals surface area (Å²) in [4.78, 5) is 23.0. The Balaban J connectivity index is 1.78. The predicted octanol–water partition coefficient (Wildman–Crippen LogP) is 4.24. The molecule has 6 heteroatoms. The van der Waals surface area contributed by atoms with E-state index < -0.39 is 17.8 Å². The molecule has 2 rings (SSSR count). The molecule has 0 saturated carbocycles. The zero-order chi connectivity index (χ0) is 19.6. The van der Waals surface area contributed by atoms with Crippen LogP contribution < -0.4 is 9.47 Å². The lowest BCUT2D eigenvalue weighted by molar-refractivity contribution is -0.137. The number of unbranched alkanes of at least 4 members (excludes halogenated alkanes) is 1. The van der Waals surface area contributed by atoms with Gasteiger partial charge in [0, 0.05) is 6.08 Å². The van der Waals surface area contributed by atoms with Crippen LogP contribution >= 0.6 is 0 Å². The number of benzene rings is 2. The van der Waals surface area contributed by atoms with Crippen LogP contribution in [0.2, 0.25) is 0 Å². The second-order valence-electron chi connectivity index (χ2n) is 5.77. The number of esters is 2. The first-order valence-corrected chi connectivity index (χ1v) is 8.50. The number of ether oxygens (including phenoxy) is 3. The van der Waals surface area contributed by atoms with Crippen LogP contribution in [0.15, 0.2) is 55.1 Å². The Labute approximate surface area is 157 Å². The first-order valence-electron chi connectivity index (χ1n) is 8.50. The summed E-state index contributed by atoms with van der Waals surface area (Å²) in [5.74, 6) is -1.18. The number of hydrogen-bond donors (Lipinski definition) is 0. The lowest BCUT2D eigenvalue weighted by atomic mass is 10.2. The van der Waals surface area contributed by atoms with Gasteiger partial charge in [0.1, 0.15) is 5.75 Å². The topological polar surface area (TPSA) is 61.8 Å². The summed E-state index contributed by atoms with van der Waals surface area (Å²) < 4.78 is 29.2. The number of carbonyl (C=O) groups is 2. The average molecular weight is 372 g/mol. The van der Waals surface area contributed by atoms with Crippen LogP contribution in [-0.2, 0) is 9.53 Å². The van der Waals surface area contributed by atoms with Gasteiger partial charge in [0.15, 0.2) is 11.6 Å². The van der Waals surface area contributed by atoms with Gasteiger partial charge in [-0.1, -0.05) is 12.6 Å². The fraction of sp³-hybridized carbons (Fsp3) is 0.238. The fourth-order valence-corrected chi connectivity index (χ4v) is 2.16. The smallest absolute Gasteiger partial charge is 0.343 e. The van der Waals surface area contributed by atoms with Gasteiger partial charge in [-0.25, -0.2) is 14.0 Å². The maximum absolute atomic E-state index is 13.8. The van der Waals surface area contributed by atoms with Crippen LogP contribution in [0.1, 0.15) is 28.8 Å². The van der Waals surface area contributed by atoms with Gasteiger partial charge in [-0.3, -0.25) is 0 Å². The van der Waals surface area contributed by atoms with E-state index in [1.807, 2.05) is 0 Å². The van der Waals surface area contributed by atoms with Crippen LogP contribution in [0.3, 0.4) is 0 Å². The van der Waals surface area contributed by atoms with Crippen LogP contribution in [0.4, 0.5) is 4.39 Å². The maximum atomic E-state index is 13.8. The highest BCUT2D eigenvalue weighted by Gasteiger charge is 2.12. The summed E-state index contributed by atoms with van der Waals surface area (Å²) in [5, 5.41) is 0. The van der Waals surface area contributed by atoms with E-state index in [1.165, 1.54) is 12.1 Å². The zero-order valence-corrected chi connectivity index (χ0v) is 15.1. The molecule has 0 radical (unpaired) electrons. The summed E-state index contributed by atoms with van der Waals surface area (Å²) >= 11 is 0. The average Bonchev–Trinajstić information content (AvgIpc) is 2.67. The molecule has 0 aromatic heterocycles. The van der Waals surface area contributed by atoms with Gasteiger partial charge in [0.05, 0.1) is 18.8 Å². The summed E-state index contributed by atoms with van der Waals surface area (Å²) in [6, 6.07) is 10.8. The lowest BCUT2D eigenvalue weighted by Gasteiger charge is -2.08. The second-order valence-corrected chi connectivity index (χ2v) is 5.77. The van der Waals surface area contributed by atoms with Crippen molar-refractivity contribution in [3.63, 3.8) is 0 Å². The van der Waals surface area contributed by atoms with Crippen molar-refractivity contribution in [1.29, 1.82) is 0 Å². The minimum atomic E-state index is -0.645. The SMILES string of the molecule is C=CC(=O)OCCCCOc1ccc(C(=O)Oc2ccc(C)cc2F)cc1. The van der Waals surface area contributed by atoms with E-state index in [-0.39, 0.29) is 5.75 Å². The Morgan fingerprint density at radius 3 is 2.44 bits per heavy atom. The molecule has 0 fully saturated rings. The van der Waals surface area contributed by atoms with Crippen molar-refractivity contribution in [3.05, 3.63) is 72.1 Å². The number of rotatable bonds is 9. The van der Waals surface area contributed by atoms with Gasteiger partial charge in [-0.05, 0) is 61.7 Å². The third-order valence-corrected chi connectivity index (χ3v) is 3.60. The number of carbonyl (C=O) groups excluding carboxylic acids is 2. The lowest BCUT2D eigenvalue weighted by Crippen LogP contribution is -2.09. The molecule has 2 aromatic rings. The molecule has 0 aliphatic carbocycles. The molecule has 2 aromatic carbocycles. The Bertz CT molecular complexity index is 799. The van der Waals surface area contributed by atoms with Crippen molar-refractivity contribution in [2.75, 3.05) is 13.2 Å². The van der Waals surface area contributed by atoms with Gasteiger partial charge in [-0.2, -0.15) is 0 Å². The van der Waals surface area contributed by atoms with Crippen LogP contribution in [0.25, 0.3) is 0 Å². The van der Waals surface area contributed by atoms with Gasteiger partial charge >= 0.3 is 11.9 Å². The highest BCUT2D eigenvalue weighted by atomic mass is 19.1. The molecule has 0 N–H and O–H groups in total. The van der Waals surface area contributed by atoms with E-state index in [0.29, 0.717) is 37.4 Å².